The number of ether oxygens (including phenoxy) is 2. The number of fused-ring (bicyclic) bond motifs is 1. The molecule has 0 amide bonds. The lowest BCUT2D eigenvalue weighted by Gasteiger charge is -2.21. The van der Waals surface area contributed by atoms with E-state index in [1.165, 1.54) is 5.57 Å². The summed E-state index contributed by atoms with van der Waals surface area (Å²) < 4.78 is 11.7. The van der Waals surface area contributed by atoms with Crippen LogP contribution in [-0.2, 0) is 4.74 Å². The first-order chi connectivity index (χ1) is 13.9. The maximum absolute atomic E-state index is 12.8. The molecular formula is C23H25N3O3. The van der Waals surface area contributed by atoms with Crippen LogP contribution in [0, 0.1) is 0 Å². The van der Waals surface area contributed by atoms with Crippen LogP contribution < -0.4 is 10.1 Å². The van der Waals surface area contributed by atoms with E-state index in [9.17, 15) is 4.79 Å². The van der Waals surface area contributed by atoms with Gasteiger partial charge in [-0.3, -0.25) is 0 Å². The lowest BCUT2D eigenvalue weighted by molar-refractivity contribution is 0.00672. The van der Waals surface area contributed by atoms with E-state index >= 15 is 0 Å². The van der Waals surface area contributed by atoms with E-state index in [0.29, 0.717) is 17.1 Å². The van der Waals surface area contributed by atoms with E-state index in [2.05, 4.69) is 21.4 Å². The Hall–Kier alpha value is -3.12. The van der Waals surface area contributed by atoms with Crippen LogP contribution in [0.2, 0.25) is 0 Å². The SMILES string of the molecule is CC(C)(C)OC(=O)c1ccc(C2=CCNCC2)cc1Oc1cnc2[nH]ccc2c1. The molecule has 0 atom stereocenters. The third-order valence-corrected chi connectivity index (χ3v) is 4.64. The third-order valence-electron chi connectivity index (χ3n) is 4.64. The van der Waals surface area contributed by atoms with Crippen molar-refractivity contribution in [3.8, 4) is 11.5 Å². The molecule has 1 aliphatic rings. The number of rotatable bonds is 4. The average molecular weight is 391 g/mol. The highest BCUT2D eigenvalue weighted by molar-refractivity contribution is 5.93. The Morgan fingerprint density at radius 2 is 2.03 bits per heavy atom. The van der Waals surface area contributed by atoms with Crippen molar-refractivity contribution in [2.45, 2.75) is 32.8 Å². The molecule has 0 fully saturated rings. The van der Waals surface area contributed by atoms with Crippen LogP contribution >= 0.6 is 0 Å². The number of carbonyl (C=O) groups is 1. The highest BCUT2D eigenvalue weighted by Crippen LogP contribution is 2.32. The number of aromatic amines is 1. The van der Waals surface area contributed by atoms with Crippen molar-refractivity contribution >= 4 is 22.6 Å². The van der Waals surface area contributed by atoms with Gasteiger partial charge in [-0.25, -0.2) is 9.78 Å². The first-order valence-electron chi connectivity index (χ1n) is 9.77. The van der Waals surface area contributed by atoms with Gasteiger partial charge in [-0.15, -0.1) is 0 Å². The van der Waals surface area contributed by atoms with Gasteiger partial charge in [0.15, 0.2) is 0 Å². The minimum Gasteiger partial charge on any atom is -0.456 e. The molecule has 1 aliphatic heterocycles. The second-order valence-electron chi connectivity index (χ2n) is 8.08. The molecule has 0 spiro atoms. The number of esters is 1. The number of pyridine rings is 1. The van der Waals surface area contributed by atoms with Crippen molar-refractivity contribution in [2.75, 3.05) is 13.1 Å². The van der Waals surface area contributed by atoms with Gasteiger partial charge in [0.1, 0.15) is 28.3 Å². The van der Waals surface area contributed by atoms with Gasteiger partial charge < -0.3 is 19.8 Å². The number of carbonyl (C=O) groups excluding carboxylic acids is 1. The summed E-state index contributed by atoms with van der Waals surface area (Å²) in [5.41, 5.74) is 2.88. The molecule has 4 rings (SSSR count). The topological polar surface area (TPSA) is 76.2 Å². The first-order valence-corrected chi connectivity index (χ1v) is 9.77. The van der Waals surface area contributed by atoms with E-state index in [1.54, 1.807) is 12.3 Å². The van der Waals surface area contributed by atoms with Crippen molar-refractivity contribution in [3.63, 3.8) is 0 Å². The molecule has 29 heavy (non-hydrogen) atoms. The smallest absolute Gasteiger partial charge is 0.342 e. The summed E-state index contributed by atoms with van der Waals surface area (Å²) in [6.07, 6.45) is 6.58. The highest BCUT2D eigenvalue weighted by atomic mass is 16.6. The molecule has 1 aromatic carbocycles. The van der Waals surface area contributed by atoms with Gasteiger partial charge in [0.05, 0.1) is 6.20 Å². The fraction of sp³-hybridized carbons (Fsp3) is 0.304. The zero-order valence-corrected chi connectivity index (χ0v) is 16.9. The van der Waals surface area contributed by atoms with Crippen molar-refractivity contribution in [1.82, 2.24) is 15.3 Å². The summed E-state index contributed by atoms with van der Waals surface area (Å²) >= 11 is 0. The second kappa shape index (κ2) is 7.72. The molecule has 3 heterocycles. The van der Waals surface area contributed by atoms with Gasteiger partial charge in [-0.1, -0.05) is 12.1 Å². The molecule has 2 aromatic heterocycles. The van der Waals surface area contributed by atoms with Gasteiger partial charge in [-0.05, 0) is 69.1 Å². The minimum atomic E-state index is -0.587. The van der Waals surface area contributed by atoms with Gasteiger partial charge in [0, 0.05) is 18.1 Å². The van der Waals surface area contributed by atoms with E-state index in [4.69, 9.17) is 9.47 Å². The Kier molecular flexibility index (Phi) is 5.11. The van der Waals surface area contributed by atoms with Gasteiger partial charge >= 0.3 is 5.97 Å². The fourth-order valence-corrected chi connectivity index (χ4v) is 3.30. The maximum atomic E-state index is 12.8. The molecule has 2 N–H and O–H groups in total. The van der Waals surface area contributed by atoms with Crippen LogP contribution in [0.3, 0.4) is 0 Å². The predicted octanol–water partition coefficient (Wildman–Crippen LogP) is 4.69. The third kappa shape index (κ3) is 4.49. The molecular weight excluding hydrogens is 366 g/mol. The Bertz CT molecular complexity index is 1080. The van der Waals surface area contributed by atoms with Crippen molar-refractivity contribution in [2.24, 2.45) is 0 Å². The highest BCUT2D eigenvalue weighted by Gasteiger charge is 2.22. The molecule has 3 aromatic rings. The number of aromatic nitrogens is 2. The number of benzene rings is 1. The lowest BCUT2D eigenvalue weighted by atomic mass is 9.98. The quantitative estimate of drug-likeness (QED) is 0.631. The number of nitrogens with one attached hydrogen (secondary N) is 2. The van der Waals surface area contributed by atoms with Crippen molar-refractivity contribution < 1.29 is 14.3 Å². The zero-order chi connectivity index (χ0) is 20.4. The van der Waals surface area contributed by atoms with E-state index in [1.807, 2.05) is 51.2 Å². The zero-order valence-electron chi connectivity index (χ0n) is 16.9. The summed E-state index contributed by atoms with van der Waals surface area (Å²) in [5, 5.41) is 4.26. The van der Waals surface area contributed by atoms with Crippen LogP contribution in [0.4, 0.5) is 0 Å². The number of nitrogens with zero attached hydrogens (tertiary/aromatic N) is 1. The molecule has 0 aliphatic carbocycles. The minimum absolute atomic E-state index is 0.396. The second-order valence-corrected chi connectivity index (χ2v) is 8.08. The van der Waals surface area contributed by atoms with Gasteiger partial charge in [0.25, 0.3) is 0 Å². The monoisotopic (exact) mass is 391 g/mol. The van der Waals surface area contributed by atoms with Gasteiger partial charge in [-0.2, -0.15) is 0 Å². The largest absolute Gasteiger partial charge is 0.456 e. The van der Waals surface area contributed by atoms with Crippen LogP contribution in [0.25, 0.3) is 16.6 Å². The summed E-state index contributed by atoms with van der Waals surface area (Å²) in [7, 11) is 0. The summed E-state index contributed by atoms with van der Waals surface area (Å²) in [6, 6.07) is 9.48. The Balaban J connectivity index is 1.72. The molecule has 6 nitrogen and oxygen atoms in total. The van der Waals surface area contributed by atoms with Crippen LogP contribution in [0.5, 0.6) is 11.5 Å². The predicted molar refractivity (Wildman–Crippen MR) is 113 cm³/mol. The Morgan fingerprint density at radius 3 is 2.79 bits per heavy atom. The number of H-pyrrole nitrogens is 1. The molecule has 0 unspecified atom stereocenters. The molecule has 150 valence electrons. The molecule has 0 saturated heterocycles. The molecule has 6 heteroatoms. The van der Waals surface area contributed by atoms with Crippen LogP contribution in [0.1, 0.15) is 43.1 Å². The summed E-state index contributed by atoms with van der Waals surface area (Å²) in [4.78, 5) is 20.2. The van der Waals surface area contributed by atoms with Crippen LogP contribution in [-0.4, -0.2) is 34.6 Å². The standard InChI is InChI=1S/C23H25N3O3/c1-23(2,3)29-22(27)19-5-4-16(15-6-9-24-10-7-15)13-20(19)28-18-12-17-8-11-25-21(17)26-14-18/h4-6,8,11-14,24H,7,9-10H2,1-3H3,(H,25,26). The van der Waals surface area contributed by atoms with E-state index in [0.717, 1.165) is 36.1 Å². The summed E-state index contributed by atoms with van der Waals surface area (Å²) in [5.74, 6) is 0.625. The van der Waals surface area contributed by atoms with Gasteiger partial charge in [0.2, 0.25) is 0 Å². The van der Waals surface area contributed by atoms with E-state index < -0.39 is 11.6 Å². The Morgan fingerprint density at radius 1 is 1.17 bits per heavy atom. The first kappa shape index (κ1) is 19.2. The number of hydrogen-bond acceptors (Lipinski definition) is 5. The van der Waals surface area contributed by atoms with Crippen LogP contribution in [0.15, 0.2) is 48.8 Å². The molecule has 0 saturated carbocycles. The maximum Gasteiger partial charge on any atom is 0.342 e. The molecule has 0 radical (unpaired) electrons. The summed E-state index contributed by atoms with van der Waals surface area (Å²) in [6.45, 7) is 7.33. The Labute approximate surface area is 169 Å². The van der Waals surface area contributed by atoms with E-state index in [-0.39, 0.29) is 0 Å². The average Bonchev–Trinajstić information content (AvgIpc) is 3.15. The van der Waals surface area contributed by atoms with Crippen molar-refractivity contribution in [1.29, 1.82) is 0 Å². The molecule has 0 bridgehead atoms. The number of hydrogen-bond donors (Lipinski definition) is 2. The lowest BCUT2D eigenvalue weighted by Crippen LogP contribution is -2.24. The van der Waals surface area contributed by atoms with Crippen molar-refractivity contribution in [3.05, 3.63) is 59.9 Å². The fourth-order valence-electron chi connectivity index (χ4n) is 3.30. The normalized spacial score (nSPS) is 14.5.